The van der Waals surface area contributed by atoms with Crippen LogP contribution in [0.15, 0.2) is 30.5 Å². The van der Waals surface area contributed by atoms with Crippen LogP contribution in [-0.2, 0) is 6.54 Å². The maximum absolute atomic E-state index is 13.6. The van der Waals surface area contributed by atoms with Gasteiger partial charge in [0, 0.05) is 42.8 Å². The second kappa shape index (κ2) is 8.22. The lowest BCUT2D eigenvalue weighted by molar-refractivity contribution is 0.170. The summed E-state index contributed by atoms with van der Waals surface area (Å²) in [6.45, 7) is 7.00. The number of aliphatic hydroxyl groups is 1. The highest BCUT2D eigenvalue weighted by molar-refractivity contribution is 7.15. The van der Waals surface area contributed by atoms with Crippen LogP contribution in [-0.4, -0.2) is 29.7 Å². The molecule has 0 aliphatic heterocycles. The fourth-order valence-corrected chi connectivity index (χ4v) is 3.21. The molecule has 22 heavy (non-hydrogen) atoms. The van der Waals surface area contributed by atoms with Crippen LogP contribution in [0.3, 0.4) is 0 Å². The van der Waals surface area contributed by atoms with Gasteiger partial charge in [0.1, 0.15) is 5.82 Å². The van der Waals surface area contributed by atoms with Crippen molar-refractivity contribution in [2.75, 3.05) is 24.5 Å². The van der Waals surface area contributed by atoms with Crippen molar-refractivity contribution in [1.82, 2.24) is 10.3 Å². The van der Waals surface area contributed by atoms with Gasteiger partial charge in [0.2, 0.25) is 0 Å². The van der Waals surface area contributed by atoms with Gasteiger partial charge >= 0.3 is 0 Å². The van der Waals surface area contributed by atoms with Crippen molar-refractivity contribution in [3.63, 3.8) is 0 Å². The number of hydrogen-bond acceptors (Lipinski definition) is 5. The zero-order chi connectivity index (χ0) is 15.9. The molecular formula is C16H22FN3OS. The molecule has 1 atom stereocenters. The number of thiazole rings is 1. The topological polar surface area (TPSA) is 48.4 Å². The molecule has 4 nitrogen and oxygen atoms in total. The van der Waals surface area contributed by atoms with E-state index in [-0.39, 0.29) is 5.82 Å². The van der Waals surface area contributed by atoms with E-state index in [2.05, 4.69) is 29.0 Å². The first-order valence-electron chi connectivity index (χ1n) is 7.48. The summed E-state index contributed by atoms with van der Waals surface area (Å²) >= 11 is 1.64. The minimum absolute atomic E-state index is 0.305. The monoisotopic (exact) mass is 323 g/mol. The van der Waals surface area contributed by atoms with Crippen LogP contribution in [0.2, 0.25) is 0 Å². The third-order valence-electron chi connectivity index (χ3n) is 3.48. The van der Waals surface area contributed by atoms with E-state index in [4.69, 9.17) is 0 Å². The zero-order valence-electron chi connectivity index (χ0n) is 12.9. The van der Waals surface area contributed by atoms with Crippen molar-refractivity contribution in [3.05, 3.63) is 46.7 Å². The van der Waals surface area contributed by atoms with Crippen LogP contribution in [0.25, 0.3) is 0 Å². The largest absolute Gasteiger partial charge is 0.387 e. The lowest BCUT2D eigenvalue weighted by atomic mass is 10.1. The molecule has 1 aromatic heterocycles. The lowest BCUT2D eigenvalue weighted by Gasteiger charge is -2.16. The van der Waals surface area contributed by atoms with Gasteiger partial charge in [-0.2, -0.15) is 0 Å². The Balaban J connectivity index is 1.85. The number of benzene rings is 1. The van der Waals surface area contributed by atoms with E-state index in [1.165, 1.54) is 6.07 Å². The van der Waals surface area contributed by atoms with Crippen molar-refractivity contribution < 1.29 is 9.50 Å². The molecule has 1 aromatic carbocycles. The van der Waals surface area contributed by atoms with Crippen molar-refractivity contribution in [2.24, 2.45) is 0 Å². The summed E-state index contributed by atoms with van der Waals surface area (Å²) in [7, 11) is 0. The summed E-state index contributed by atoms with van der Waals surface area (Å²) in [4.78, 5) is 7.71. The predicted octanol–water partition coefficient (Wildman–Crippen LogP) is 2.95. The van der Waals surface area contributed by atoms with E-state index in [1.54, 1.807) is 29.5 Å². The molecule has 0 aliphatic carbocycles. The molecule has 1 heterocycles. The molecule has 0 fully saturated rings. The Morgan fingerprint density at radius 3 is 2.73 bits per heavy atom. The van der Waals surface area contributed by atoms with Crippen LogP contribution >= 0.6 is 11.3 Å². The van der Waals surface area contributed by atoms with Gasteiger partial charge in [0.15, 0.2) is 5.13 Å². The average Bonchev–Trinajstić information content (AvgIpc) is 2.97. The SMILES string of the molecule is CCN(CC)c1ncc(CNCC(O)c2ccccc2F)s1. The van der Waals surface area contributed by atoms with Crippen molar-refractivity contribution in [3.8, 4) is 0 Å². The minimum Gasteiger partial charge on any atom is -0.387 e. The maximum atomic E-state index is 13.6. The van der Waals surface area contributed by atoms with Crippen LogP contribution in [0.1, 0.15) is 30.4 Å². The Morgan fingerprint density at radius 2 is 2.05 bits per heavy atom. The lowest BCUT2D eigenvalue weighted by Crippen LogP contribution is -2.21. The van der Waals surface area contributed by atoms with Gasteiger partial charge in [-0.25, -0.2) is 9.37 Å². The molecule has 2 rings (SSSR count). The van der Waals surface area contributed by atoms with Crippen molar-refractivity contribution in [2.45, 2.75) is 26.5 Å². The van der Waals surface area contributed by atoms with E-state index in [9.17, 15) is 9.50 Å². The smallest absolute Gasteiger partial charge is 0.185 e. The molecule has 120 valence electrons. The summed E-state index contributed by atoms with van der Waals surface area (Å²) in [5.41, 5.74) is 0.322. The Labute approximate surface area is 134 Å². The standard InChI is InChI=1S/C16H22FN3OS/c1-3-20(4-2)16-19-10-12(22-16)9-18-11-15(21)13-7-5-6-8-14(13)17/h5-8,10,15,18,21H,3-4,9,11H2,1-2H3. The fraction of sp³-hybridized carbons (Fsp3) is 0.438. The van der Waals surface area contributed by atoms with Gasteiger partial charge in [-0.05, 0) is 19.9 Å². The second-order valence-electron chi connectivity index (χ2n) is 4.95. The predicted molar refractivity (Wildman–Crippen MR) is 88.7 cm³/mol. The van der Waals surface area contributed by atoms with Gasteiger partial charge in [-0.3, -0.25) is 0 Å². The third kappa shape index (κ3) is 4.25. The number of nitrogens with zero attached hydrogens (tertiary/aromatic N) is 2. The quantitative estimate of drug-likeness (QED) is 0.784. The highest BCUT2D eigenvalue weighted by Gasteiger charge is 2.12. The van der Waals surface area contributed by atoms with E-state index in [1.807, 2.05) is 6.20 Å². The summed E-state index contributed by atoms with van der Waals surface area (Å²) < 4.78 is 13.6. The number of anilines is 1. The van der Waals surface area contributed by atoms with E-state index in [0.717, 1.165) is 23.1 Å². The molecule has 0 radical (unpaired) electrons. The Morgan fingerprint density at radius 1 is 1.32 bits per heavy atom. The summed E-state index contributed by atoms with van der Waals surface area (Å²) in [6, 6.07) is 6.30. The van der Waals surface area contributed by atoms with Crippen molar-refractivity contribution >= 4 is 16.5 Å². The molecule has 0 saturated carbocycles. The van der Waals surface area contributed by atoms with Crippen LogP contribution in [0.5, 0.6) is 0 Å². The number of aromatic nitrogens is 1. The molecule has 0 bridgehead atoms. The number of hydrogen-bond donors (Lipinski definition) is 2. The number of rotatable bonds is 8. The van der Waals surface area contributed by atoms with Crippen LogP contribution < -0.4 is 10.2 Å². The molecule has 6 heteroatoms. The van der Waals surface area contributed by atoms with Gasteiger partial charge < -0.3 is 15.3 Å². The molecule has 1 unspecified atom stereocenters. The normalized spacial score (nSPS) is 12.4. The van der Waals surface area contributed by atoms with Crippen LogP contribution in [0, 0.1) is 5.82 Å². The zero-order valence-corrected chi connectivity index (χ0v) is 13.7. The molecule has 0 amide bonds. The highest BCUT2D eigenvalue weighted by atomic mass is 32.1. The van der Waals surface area contributed by atoms with Gasteiger partial charge in [0.05, 0.1) is 6.10 Å². The first-order chi connectivity index (χ1) is 10.7. The van der Waals surface area contributed by atoms with Crippen LogP contribution in [0.4, 0.5) is 9.52 Å². The second-order valence-corrected chi connectivity index (χ2v) is 6.04. The fourth-order valence-electron chi connectivity index (χ4n) is 2.21. The molecule has 0 spiro atoms. The summed E-state index contributed by atoms with van der Waals surface area (Å²) in [6.07, 6.45) is 0.997. The Kier molecular flexibility index (Phi) is 6.30. The number of nitrogens with one attached hydrogen (secondary N) is 1. The van der Waals surface area contributed by atoms with E-state index >= 15 is 0 Å². The average molecular weight is 323 g/mol. The third-order valence-corrected chi connectivity index (χ3v) is 4.53. The van der Waals surface area contributed by atoms with Gasteiger partial charge in [0.25, 0.3) is 0 Å². The molecular weight excluding hydrogens is 301 g/mol. The van der Waals surface area contributed by atoms with Crippen molar-refractivity contribution in [1.29, 1.82) is 0 Å². The molecule has 0 aliphatic rings. The number of halogens is 1. The summed E-state index contributed by atoms with van der Waals surface area (Å²) in [5, 5.41) is 14.2. The van der Waals surface area contributed by atoms with E-state index in [0.29, 0.717) is 18.7 Å². The highest BCUT2D eigenvalue weighted by Crippen LogP contribution is 2.22. The Bertz CT molecular complexity index is 586. The van der Waals surface area contributed by atoms with Gasteiger partial charge in [-0.1, -0.05) is 18.2 Å². The summed E-state index contributed by atoms with van der Waals surface area (Å²) in [5.74, 6) is -0.376. The number of aliphatic hydroxyl groups excluding tert-OH is 1. The maximum Gasteiger partial charge on any atom is 0.185 e. The first kappa shape index (κ1) is 16.9. The van der Waals surface area contributed by atoms with E-state index < -0.39 is 6.10 Å². The Hall–Kier alpha value is -1.50. The molecule has 2 N–H and O–H groups in total. The minimum atomic E-state index is -0.851. The first-order valence-corrected chi connectivity index (χ1v) is 8.30. The van der Waals surface area contributed by atoms with Gasteiger partial charge in [-0.15, -0.1) is 11.3 Å². The molecule has 0 saturated heterocycles. The molecule has 2 aromatic rings.